The van der Waals surface area contributed by atoms with Crippen LogP contribution in [-0.4, -0.2) is 16.1 Å². The summed E-state index contributed by atoms with van der Waals surface area (Å²) in [6.07, 6.45) is 10.5. The van der Waals surface area contributed by atoms with Crippen LogP contribution >= 0.6 is 11.6 Å². The molecular weight excluding hydrogens is 394 g/mol. The number of benzene rings is 2. The van der Waals surface area contributed by atoms with Crippen LogP contribution in [0.1, 0.15) is 64.6 Å². The van der Waals surface area contributed by atoms with Gasteiger partial charge in [0, 0.05) is 16.3 Å². The van der Waals surface area contributed by atoms with Gasteiger partial charge in [0.05, 0.1) is 6.04 Å². The molecule has 2 aromatic carbocycles. The van der Waals surface area contributed by atoms with E-state index in [4.69, 9.17) is 11.6 Å². The molecule has 1 amide bonds. The maximum atomic E-state index is 13.2. The summed E-state index contributed by atoms with van der Waals surface area (Å²) in [7, 11) is 0. The minimum atomic E-state index is -0.265. The van der Waals surface area contributed by atoms with Crippen LogP contribution in [0.4, 0.5) is 0 Å². The molecule has 0 bridgehead atoms. The van der Waals surface area contributed by atoms with E-state index in [0.29, 0.717) is 10.7 Å². The van der Waals surface area contributed by atoms with Gasteiger partial charge in [-0.15, -0.1) is 0 Å². The molecule has 4 rings (SSSR count). The van der Waals surface area contributed by atoms with E-state index in [-0.39, 0.29) is 11.9 Å². The second kappa shape index (κ2) is 9.77. The van der Waals surface area contributed by atoms with E-state index < -0.39 is 0 Å². The van der Waals surface area contributed by atoms with Crippen molar-refractivity contribution in [1.29, 1.82) is 0 Å². The molecule has 4 nitrogen and oxygen atoms in total. The number of rotatable bonds is 5. The SMILES string of the molecule is O=C(N[C@@H](/C=C/c1cccc(Cl)c1)c1ccccc1)c1n[nH]c2c1CCCCCC2. The zero-order chi connectivity index (χ0) is 20.8. The third-order valence-electron chi connectivity index (χ3n) is 5.55. The number of hydrogen-bond acceptors (Lipinski definition) is 2. The number of carbonyl (C=O) groups is 1. The monoisotopic (exact) mass is 419 g/mol. The first-order chi connectivity index (χ1) is 14.7. The Bertz CT molecular complexity index is 1030. The number of halogens is 1. The number of fused-ring (bicyclic) bond motifs is 1. The molecule has 0 unspecified atom stereocenters. The molecule has 0 saturated carbocycles. The van der Waals surface area contributed by atoms with E-state index in [2.05, 4.69) is 15.5 Å². The molecule has 2 N–H and O–H groups in total. The molecule has 0 spiro atoms. The Balaban J connectivity index is 1.58. The van der Waals surface area contributed by atoms with Gasteiger partial charge in [-0.05, 0) is 48.9 Å². The average Bonchev–Trinajstić information content (AvgIpc) is 3.13. The lowest BCUT2D eigenvalue weighted by Gasteiger charge is -2.16. The van der Waals surface area contributed by atoms with E-state index in [0.717, 1.165) is 48.1 Å². The Morgan fingerprint density at radius 2 is 1.83 bits per heavy atom. The van der Waals surface area contributed by atoms with Crippen molar-refractivity contribution < 1.29 is 4.79 Å². The number of hydrogen-bond donors (Lipinski definition) is 2. The molecule has 1 aliphatic rings. The molecule has 154 valence electrons. The zero-order valence-corrected chi connectivity index (χ0v) is 17.7. The molecule has 0 saturated heterocycles. The molecule has 0 radical (unpaired) electrons. The zero-order valence-electron chi connectivity index (χ0n) is 16.9. The van der Waals surface area contributed by atoms with Crippen molar-refractivity contribution in [3.63, 3.8) is 0 Å². The van der Waals surface area contributed by atoms with E-state index in [1.807, 2.05) is 66.7 Å². The highest BCUT2D eigenvalue weighted by Gasteiger charge is 2.22. The summed E-state index contributed by atoms with van der Waals surface area (Å²) in [4.78, 5) is 13.2. The summed E-state index contributed by atoms with van der Waals surface area (Å²) in [5.74, 6) is -0.141. The van der Waals surface area contributed by atoms with Gasteiger partial charge in [0.15, 0.2) is 5.69 Å². The number of aryl methyl sites for hydroxylation is 1. The van der Waals surface area contributed by atoms with Crippen molar-refractivity contribution >= 4 is 23.6 Å². The first-order valence-electron chi connectivity index (χ1n) is 10.6. The third kappa shape index (κ3) is 5.00. The predicted octanol–water partition coefficient (Wildman–Crippen LogP) is 5.91. The van der Waals surface area contributed by atoms with E-state index in [1.54, 1.807) is 0 Å². The predicted molar refractivity (Wildman–Crippen MR) is 122 cm³/mol. The van der Waals surface area contributed by atoms with E-state index >= 15 is 0 Å². The smallest absolute Gasteiger partial charge is 0.272 e. The fourth-order valence-corrected chi connectivity index (χ4v) is 4.15. The van der Waals surface area contributed by atoms with E-state index in [1.165, 1.54) is 12.8 Å². The first kappa shape index (κ1) is 20.4. The van der Waals surface area contributed by atoms with Crippen LogP contribution in [-0.2, 0) is 12.8 Å². The van der Waals surface area contributed by atoms with Gasteiger partial charge in [0.2, 0.25) is 0 Å². The van der Waals surface area contributed by atoms with Crippen LogP contribution in [0, 0.1) is 0 Å². The van der Waals surface area contributed by atoms with Crippen molar-refractivity contribution in [2.24, 2.45) is 0 Å². The summed E-state index contributed by atoms with van der Waals surface area (Å²) >= 11 is 6.11. The van der Waals surface area contributed by atoms with Crippen molar-refractivity contribution in [2.75, 3.05) is 0 Å². The molecule has 3 aromatic rings. The van der Waals surface area contributed by atoms with Gasteiger partial charge >= 0.3 is 0 Å². The van der Waals surface area contributed by atoms with Crippen LogP contribution in [0.3, 0.4) is 0 Å². The highest BCUT2D eigenvalue weighted by atomic mass is 35.5. The highest BCUT2D eigenvalue weighted by Crippen LogP contribution is 2.23. The summed E-state index contributed by atoms with van der Waals surface area (Å²) in [6, 6.07) is 17.3. The van der Waals surface area contributed by atoms with E-state index in [9.17, 15) is 4.79 Å². The minimum Gasteiger partial charge on any atom is -0.340 e. The maximum absolute atomic E-state index is 13.2. The maximum Gasteiger partial charge on any atom is 0.272 e. The number of aromatic nitrogens is 2. The number of H-pyrrole nitrogens is 1. The summed E-state index contributed by atoms with van der Waals surface area (Å²) < 4.78 is 0. The topological polar surface area (TPSA) is 57.8 Å². The Labute approximate surface area is 182 Å². The van der Waals surface area contributed by atoms with Crippen LogP contribution in [0.5, 0.6) is 0 Å². The lowest BCUT2D eigenvalue weighted by atomic mass is 9.96. The number of nitrogens with zero attached hydrogens (tertiary/aromatic N) is 1. The molecule has 0 fully saturated rings. The lowest BCUT2D eigenvalue weighted by Crippen LogP contribution is -2.28. The second-order valence-electron chi connectivity index (χ2n) is 7.72. The van der Waals surface area contributed by atoms with Crippen LogP contribution < -0.4 is 5.32 Å². The molecule has 1 aliphatic carbocycles. The number of nitrogens with one attached hydrogen (secondary N) is 2. The summed E-state index contributed by atoms with van der Waals surface area (Å²) in [6.45, 7) is 0. The second-order valence-corrected chi connectivity index (χ2v) is 8.16. The fraction of sp³-hybridized carbons (Fsp3) is 0.280. The minimum absolute atomic E-state index is 0.141. The van der Waals surface area contributed by atoms with Crippen LogP contribution in [0.2, 0.25) is 5.02 Å². The molecule has 1 heterocycles. The molecule has 0 aliphatic heterocycles. The number of amides is 1. The summed E-state index contributed by atoms with van der Waals surface area (Å²) in [5.41, 5.74) is 4.73. The van der Waals surface area contributed by atoms with Crippen LogP contribution in [0.15, 0.2) is 60.7 Å². The standard InChI is InChI=1S/C25H26ClN3O/c26-20-12-8-9-18(17-20)15-16-22(19-10-4-3-5-11-19)27-25(30)24-21-13-6-1-2-7-14-23(21)28-29-24/h3-5,8-12,15-17,22H,1-2,6-7,13-14H2,(H,27,30)(H,28,29)/b16-15+/t22-/m0/s1. The van der Waals surface area contributed by atoms with Crippen molar-refractivity contribution in [1.82, 2.24) is 15.5 Å². The third-order valence-corrected chi connectivity index (χ3v) is 5.78. The molecule has 30 heavy (non-hydrogen) atoms. The fourth-order valence-electron chi connectivity index (χ4n) is 3.95. The molecule has 5 heteroatoms. The van der Waals surface area contributed by atoms with Gasteiger partial charge in [-0.1, -0.05) is 79.1 Å². The Kier molecular flexibility index (Phi) is 6.65. The van der Waals surface area contributed by atoms with Gasteiger partial charge in [0.25, 0.3) is 5.91 Å². The van der Waals surface area contributed by atoms with Gasteiger partial charge in [0.1, 0.15) is 0 Å². The van der Waals surface area contributed by atoms with Gasteiger partial charge in [-0.2, -0.15) is 5.10 Å². The quantitative estimate of drug-likeness (QED) is 0.540. The van der Waals surface area contributed by atoms with Crippen molar-refractivity contribution in [3.8, 4) is 0 Å². The lowest BCUT2D eigenvalue weighted by molar-refractivity contribution is 0.0938. The average molecular weight is 420 g/mol. The first-order valence-corrected chi connectivity index (χ1v) is 10.9. The molecule has 1 aromatic heterocycles. The van der Waals surface area contributed by atoms with Crippen molar-refractivity contribution in [2.45, 2.75) is 44.6 Å². The van der Waals surface area contributed by atoms with Gasteiger partial charge in [-0.25, -0.2) is 0 Å². The molecular formula is C25H26ClN3O. The molecule has 1 atom stereocenters. The van der Waals surface area contributed by atoms with Crippen LogP contribution in [0.25, 0.3) is 6.08 Å². The Morgan fingerprint density at radius 1 is 1.03 bits per heavy atom. The Hall–Kier alpha value is -2.85. The van der Waals surface area contributed by atoms with Gasteiger partial charge < -0.3 is 5.32 Å². The highest BCUT2D eigenvalue weighted by molar-refractivity contribution is 6.30. The largest absolute Gasteiger partial charge is 0.340 e. The summed E-state index contributed by atoms with van der Waals surface area (Å²) in [5, 5.41) is 11.3. The Morgan fingerprint density at radius 3 is 2.63 bits per heavy atom. The van der Waals surface area contributed by atoms with Crippen molar-refractivity contribution in [3.05, 3.63) is 93.8 Å². The number of carbonyl (C=O) groups excluding carboxylic acids is 1. The van der Waals surface area contributed by atoms with Gasteiger partial charge in [-0.3, -0.25) is 9.89 Å². The number of aromatic amines is 1. The normalized spacial score (nSPS) is 15.2.